The fourth-order valence-corrected chi connectivity index (χ4v) is 0. The van der Waals surface area contributed by atoms with Crippen LogP contribution in [0.5, 0.6) is 0 Å². The molecule has 0 spiro atoms. The van der Waals surface area contributed by atoms with Gasteiger partial charge >= 0.3 is 29.6 Å². The molecule has 0 saturated heterocycles. The van der Waals surface area contributed by atoms with Crippen molar-refractivity contribution in [2.45, 2.75) is 6.92 Å². The molecule has 3 heteroatoms. The van der Waals surface area contributed by atoms with E-state index in [4.69, 9.17) is 10.5 Å². The average molecular weight is 81.0 g/mol. The van der Waals surface area contributed by atoms with Gasteiger partial charge in [-0.25, -0.2) is 0 Å². The second-order valence-electron chi connectivity index (χ2n) is 0.556. The first kappa shape index (κ1) is 9.08. The Morgan fingerprint density at radius 1 is 1.80 bits per heavy atom. The van der Waals surface area contributed by atoms with E-state index < -0.39 is 5.91 Å². The standard InChI is InChI=1S/C2H5NO.Na/c1-2(3)4;/h1H3,(H2,3,4);/q;+1/p-1. The summed E-state index contributed by atoms with van der Waals surface area (Å²) in [5.74, 6) is -0.583. The fourth-order valence-electron chi connectivity index (χ4n) is 0. The van der Waals surface area contributed by atoms with Crippen molar-refractivity contribution in [2.75, 3.05) is 0 Å². The van der Waals surface area contributed by atoms with E-state index >= 15 is 0 Å². The van der Waals surface area contributed by atoms with E-state index in [9.17, 15) is 0 Å². The van der Waals surface area contributed by atoms with Crippen molar-refractivity contribution in [3.63, 3.8) is 0 Å². The molecular formula is C2H4NNaO. The minimum absolute atomic E-state index is 0. The number of rotatable bonds is 0. The Morgan fingerprint density at radius 3 is 1.80 bits per heavy atom. The molecule has 0 aromatic heterocycles. The van der Waals surface area contributed by atoms with Gasteiger partial charge in [0.2, 0.25) is 0 Å². The van der Waals surface area contributed by atoms with Gasteiger partial charge in [0.25, 0.3) is 0 Å². The largest absolute Gasteiger partial charge is 1.00 e. The van der Waals surface area contributed by atoms with Crippen LogP contribution in [-0.2, 0) is 4.79 Å². The minimum Gasteiger partial charge on any atom is -0.668 e. The molecule has 0 atom stereocenters. The summed E-state index contributed by atoms with van der Waals surface area (Å²) in [6.45, 7) is 1.19. The third-order valence-corrected chi connectivity index (χ3v) is 0. The number of hydrogen-bond acceptors (Lipinski definition) is 1. The topological polar surface area (TPSA) is 40.9 Å². The quantitative estimate of drug-likeness (QED) is 0.299. The van der Waals surface area contributed by atoms with Crippen molar-refractivity contribution in [3.8, 4) is 0 Å². The van der Waals surface area contributed by atoms with Gasteiger partial charge in [0.15, 0.2) is 0 Å². The Bertz CT molecular complexity index is 32.6. The molecule has 0 radical (unpaired) electrons. The molecule has 0 saturated carbocycles. The maximum atomic E-state index is 9.11. The molecule has 0 unspecified atom stereocenters. The van der Waals surface area contributed by atoms with Gasteiger partial charge in [0.1, 0.15) is 0 Å². The molecule has 0 aromatic rings. The van der Waals surface area contributed by atoms with Gasteiger partial charge in [-0.15, -0.1) is 0 Å². The van der Waals surface area contributed by atoms with Crippen LogP contribution < -0.4 is 29.6 Å². The number of amides is 1. The molecule has 24 valence electrons. The van der Waals surface area contributed by atoms with E-state index in [0.717, 1.165) is 0 Å². The van der Waals surface area contributed by atoms with E-state index in [1.54, 1.807) is 0 Å². The van der Waals surface area contributed by atoms with Crippen LogP contribution in [0.4, 0.5) is 0 Å². The molecule has 2 nitrogen and oxygen atoms in total. The van der Waals surface area contributed by atoms with E-state index in [1.807, 2.05) is 0 Å². The first-order chi connectivity index (χ1) is 1.73. The van der Waals surface area contributed by atoms with Crippen molar-refractivity contribution in [1.29, 1.82) is 0 Å². The first-order valence-corrected chi connectivity index (χ1v) is 0.954. The third kappa shape index (κ3) is 123. The van der Waals surface area contributed by atoms with Crippen molar-refractivity contribution in [1.82, 2.24) is 0 Å². The summed E-state index contributed by atoms with van der Waals surface area (Å²) in [5.41, 5.74) is 5.94. The average Bonchev–Trinajstić information content (AvgIpc) is 0.811. The van der Waals surface area contributed by atoms with Gasteiger partial charge in [0.05, 0.1) is 0 Å². The van der Waals surface area contributed by atoms with Crippen LogP contribution in [-0.4, -0.2) is 5.91 Å². The Hall–Kier alpha value is 0.470. The molecule has 0 aliphatic carbocycles. The van der Waals surface area contributed by atoms with E-state index in [2.05, 4.69) is 0 Å². The van der Waals surface area contributed by atoms with E-state index in [-0.39, 0.29) is 29.6 Å². The second-order valence-corrected chi connectivity index (χ2v) is 0.556. The van der Waals surface area contributed by atoms with Crippen LogP contribution in [0.1, 0.15) is 6.92 Å². The summed E-state index contributed by atoms with van der Waals surface area (Å²) >= 11 is 0. The molecule has 0 aromatic carbocycles. The monoisotopic (exact) mass is 81.0 g/mol. The third-order valence-electron chi connectivity index (χ3n) is 0. The van der Waals surface area contributed by atoms with Gasteiger partial charge < -0.3 is 10.5 Å². The second kappa shape index (κ2) is 4.47. The Kier molecular flexibility index (Phi) is 8.11. The van der Waals surface area contributed by atoms with Gasteiger partial charge in [-0.2, -0.15) is 0 Å². The summed E-state index contributed by atoms with van der Waals surface area (Å²) in [4.78, 5) is 9.11. The maximum Gasteiger partial charge on any atom is 1.00 e. The predicted molar refractivity (Wildman–Crippen MR) is 15.0 cm³/mol. The maximum absolute atomic E-state index is 9.11. The molecule has 1 amide bonds. The summed E-state index contributed by atoms with van der Waals surface area (Å²) < 4.78 is 0. The zero-order valence-corrected chi connectivity index (χ0v) is 5.41. The Labute approximate surface area is 53.0 Å². The van der Waals surface area contributed by atoms with Crippen molar-refractivity contribution in [3.05, 3.63) is 5.73 Å². The van der Waals surface area contributed by atoms with Gasteiger partial charge in [-0.3, -0.25) is 0 Å². The smallest absolute Gasteiger partial charge is 0.668 e. The number of hydrogen-bond donors (Lipinski definition) is 0. The zero-order chi connectivity index (χ0) is 3.58. The number of carbonyl (C=O) groups excluding carboxylic acids is 1. The molecular weight excluding hydrogens is 77.0 g/mol. The normalized spacial score (nSPS) is 5.00. The van der Waals surface area contributed by atoms with Crippen LogP contribution in [0.2, 0.25) is 0 Å². The summed E-state index contributed by atoms with van der Waals surface area (Å²) in [6.07, 6.45) is 0. The number of nitrogens with one attached hydrogen (secondary N) is 1. The molecule has 0 aliphatic heterocycles. The van der Waals surface area contributed by atoms with Gasteiger partial charge in [0, 0.05) is 5.91 Å². The van der Waals surface area contributed by atoms with Crippen LogP contribution in [0.25, 0.3) is 5.73 Å². The SMILES string of the molecule is CC([NH-])=O.[Na+]. The fraction of sp³-hybridized carbons (Fsp3) is 0.500. The summed E-state index contributed by atoms with van der Waals surface area (Å²) in [5, 5.41) is 0. The van der Waals surface area contributed by atoms with Gasteiger partial charge in [-0.05, 0) is 6.92 Å². The van der Waals surface area contributed by atoms with E-state index in [1.165, 1.54) is 6.92 Å². The van der Waals surface area contributed by atoms with Gasteiger partial charge in [-0.1, -0.05) is 0 Å². The van der Waals surface area contributed by atoms with Crippen molar-refractivity contribution in [2.24, 2.45) is 0 Å². The van der Waals surface area contributed by atoms with Crippen LogP contribution in [0.15, 0.2) is 0 Å². The molecule has 0 aliphatic rings. The Balaban J connectivity index is 0. The molecule has 0 bridgehead atoms. The predicted octanol–water partition coefficient (Wildman–Crippen LogP) is -2.41. The molecule has 5 heavy (non-hydrogen) atoms. The van der Waals surface area contributed by atoms with Crippen LogP contribution >= 0.6 is 0 Å². The van der Waals surface area contributed by atoms with E-state index in [0.29, 0.717) is 0 Å². The van der Waals surface area contributed by atoms with Crippen molar-refractivity contribution >= 4 is 5.91 Å². The van der Waals surface area contributed by atoms with Crippen LogP contribution in [0, 0.1) is 0 Å². The summed E-state index contributed by atoms with van der Waals surface area (Å²) in [7, 11) is 0. The minimum atomic E-state index is -0.583. The first-order valence-electron chi connectivity index (χ1n) is 0.954. The summed E-state index contributed by atoms with van der Waals surface area (Å²) in [6, 6.07) is 0. The Morgan fingerprint density at radius 2 is 1.80 bits per heavy atom. The molecule has 0 fully saturated rings. The van der Waals surface area contributed by atoms with Crippen molar-refractivity contribution < 1.29 is 34.4 Å². The molecule has 1 N–H and O–H groups in total. The number of carbonyl (C=O) groups is 1. The zero-order valence-electron chi connectivity index (χ0n) is 3.41. The molecule has 0 heterocycles. The van der Waals surface area contributed by atoms with Crippen LogP contribution in [0.3, 0.4) is 0 Å². The molecule has 0 rings (SSSR count).